The number of benzene rings is 1. The standard InChI is InChI=1S/C33H52N2O7Si3/c1-22(2)44(23(3)4)39-21-28-30(41-45(42-44,24(5)6)25(7)8)29(36)32(40-28)35-20-27(17-18-43(9,10)11)31(37)34(33(35)38)19-26-15-13-12-14-16-26/h12-16,20,22-25,28-30,32,36H,19,21H2,1-11H3/t28-,29?,30+,32-/m1/s1. The fourth-order valence-electron chi connectivity index (χ4n) is 6.42. The molecule has 0 bridgehead atoms. The normalized spacial score (nSPS) is 24.8. The van der Waals surface area contributed by atoms with E-state index < -0.39 is 61.0 Å². The van der Waals surface area contributed by atoms with E-state index in [2.05, 4.69) is 86.5 Å². The summed E-state index contributed by atoms with van der Waals surface area (Å²) in [5.41, 5.74) is 3.63. The van der Waals surface area contributed by atoms with Crippen molar-refractivity contribution in [3.63, 3.8) is 0 Å². The molecule has 4 atom stereocenters. The van der Waals surface area contributed by atoms with Crippen LogP contribution in [0.15, 0.2) is 46.1 Å². The number of aliphatic hydroxyl groups is 1. The Morgan fingerprint density at radius 2 is 1.51 bits per heavy atom. The zero-order chi connectivity index (χ0) is 33.5. The van der Waals surface area contributed by atoms with Gasteiger partial charge in [-0.3, -0.25) is 13.9 Å². The number of ether oxygens (including phenoxy) is 1. The topological polar surface area (TPSA) is 101 Å². The summed E-state index contributed by atoms with van der Waals surface area (Å²) >= 11 is 0. The van der Waals surface area contributed by atoms with Crippen LogP contribution in [0.25, 0.3) is 0 Å². The molecule has 1 unspecified atom stereocenters. The van der Waals surface area contributed by atoms with Crippen LogP contribution in [-0.2, 0) is 24.2 Å². The van der Waals surface area contributed by atoms with Crippen molar-refractivity contribution >= 4 is 25.2 Å². The van der Waals surface area contributed by atoms with E-state index in [0.717, 1.165) is 5.56 Å². The van der Waals surface area contributed by atoms with Gasteiger partial charge in [-0.15, -0.1) is 5.54 Å². The molecule has 2 aliphatic rings. The molecule has 3 heterocycles. The summed E-state index contributed by atoms with van der Waals surface area (Å²) in [6, 6.07) is 9.35. The fraction of sp³-hybridized carbons (Fsp3) is 0.636. The number of rotatable bonds is 7. The maximum absolute atomic E-state index is 14.1. The molecular weight excluding hydrogens is 621 g/mol. The summed E-state index contributed by atoms with van der Waals surface area (Å²) in [5, 5.41) is 11.9. The molecule has 45 heavy (non-hydrogen) atoms. The number of nitrogens with zero attached hydrogens (tertiary/aromatic N) is 2. The van der Waals surface area contributed by atoms with Gasteiger partial charge in [-0.25, -0.2) is 4.79 Å². The molecule has 0 saturated carbocycles. The molecule has 2 fully saturated rings. The molecule has 248 valence electrons. The summed E-state index contributed by atoms with van der Waals surface area (Å²) < 4.78 is 30.2. The Morgan fingerprint density at radius 3 is 2.04 bits per heavy atom. The summed E-state index contributed by atoms with van der Waals surface area (Å²) in [6.07, 6.45) is -2.29. The lowest BCUT2D eigenvalue weighted by atomic mass is 10.1. The largest absolute Gasteiger partial charge is 0.414 e. The third-order valence-corrected chi connectivity index (χ3v) is 20.0. The molecule has 0 spiro atoms. The van der Waals surface area contributed by atoms with E-state index >= 15 is 0 Å². The lowest BCUT2D eigenvalue weighted by Crippen LogP contribution is -2.65. The molecule has 0 radical (unpaired) electrons. The first-order chi connectivity index (χ1) is 20.9. The predicted octanol–water partition coefficient (Wildman–Crippen LogP) is 5.50. The van der Waals surface area contributed by atoms with Gasteiger partial charge in [0.1, 0.15) is 31.9 Å². The van der Waals surface area contributed by atoms with Crippen molar-refractivity contribution in [2.75, 3.05) is 6.61 Å². The van der Waals surface area contributed by atoms with Crippen LogP contribution in [0.4, 0.5) is 0 Å². The molecular formula is C33H52N2O7Si3. The van der Waals surface area contributed by atoms with Crippen molar-refractivity contribution in [1.29, 1.82) is 0 Å². The molecule has 2 saturated heterocycles. The Bertz CT molecular complexity index is 1500. The lowest BCUT2D eigenvalue weighted by molar-refractivity contribution is -0.0605. The quantitative estimate of drug-likeness (QED) is 0.306. The average molecular weight is 673 g/mol. The van der Waals surface area contributed by atoms with Gasteiger partial charge in [0, 0.05) is 6.20 Å². The van der Waals surface area contributed by atoms with Gasteiger partial charge in [0.2, 0.25) is 0 Å². The number of hydrogen-bond acceptors (Lipinski definition) is 7. The lowest BCUT2D eigenvalue weighted by Gasteiger charge is -2.51. The number of fused-ring (bicyclic) bond motifs is 1. The minimum atomic E-state index is -3.03. The highest BCUT2D eigenvalue weighted by molar-refractivity contribution is 6.84. The van der Waals surface area contributed by atoms with Crippen LogP contribution in [0.5, 0.6) is 0 Å². The second-order valence-electron chi connectivity index (χ2n) is 14.7. The average Bonchev–Trinajstić information content (AvgIpc) is 3.23. The first kappa shape index (κ1) is 35.8. The molecule has 12 heteroatoms. The molecule has 2 aliphatic heterocycles. The number of hydrogen-bond donors (Lipinski definition) is 1. The van der Waals surface area contributed by atoms with Gasteiger partial charge >= 0.3 is 22.8 Å². The van der Waals surface area contributed by atoms with Gasteiger partial charge in [0.25, 0.3) is 5.56 Å². The van der Waals surface area contributed by atoms with Gasteiger partial charge in [-0.1, -0.05) is 111 Å². The molecule has 4 rings (SSSR count). The molecule has 9 nitrogen and oxygen atoms in total. The molecule has 0 amide bonds. The van der Waals surface area contributed by atoms with Gasteiger partial charge < -0.3 is 22.8 Å². The molecule has 1 aromatic heterocycles. The van der Waals surface area contributed by atoms with Crippen LogP contribution in [0.1, 0.15) is 72.7 Å². The number of aliphatic hydroxyl groups excluding tert-OH is 1. The minimum Gasteiger partial charge on any atom is -0.414 e. The zero-order valence-corrected chi connectivity index (χ0v) is 31.8. The third kappa shape index (κ3) is 7.11. The Labute approximate surface area is 271 Å². The van der Waals surface area contributed by atoms with Crippen LogP contribution >= 0.6 is 0 Å². The van der Waals surface area contributed by atoms with Crippen LogP contribution in [0, 0.1) is 11.5 Å². The van der Waals surface area contributed by atoms with Crippen molar-refractivity contribution in [2.45, 2.75) is 128 Å². The second kappa shape index (κ2) is 13.6. The smallest absolute Gasteiger partial charge is 0.335 e. The first-order valence-electron chi connectivity index (χ1n) is 16.2. The van der Waals surface area contributed by atoms with Crippen LogP contribution in [-0.4, -0.2) is 64.4 Å². The Kier molecular flexibility index (Phi) is 10.8. The van der Waals surface area contributed by atoms with Crippen molar-refractivity contribution in [2.24, 2.45) is 0 Å². The van der Waals surface area contributed by atoms with Gasteiger partial charge in [0.05, 0.1) is 13.2 Å². The SMILES string of the molecule is CC(C)[Si]1(C(C)C)OC[C@H]2O[C@@H](n3cc(C#C[Si](C)(C)C)c(=O)n(Cc4ccccc4)c3=O)C(O)[C@H]2O[Si](C(C)C)(C(C)C)O1. The third-order valence-electron chi connectivity index (χ3n) is 8.87. The van der Waals surface area contributed by atoms with Crippen molar-refractivity contribution in [3.8, 4) is 11.5 Å². The van der Waals surface area contributed by atoms with E-state index in [9.17, 15) is 14.7 Å². The molecule has 1 aromatic carbocycles. The van der Waals surface area contributed by atoms with Crippen LogP contribution in [0.2, 0.25) is 41.8 Å². The van der Waals surface area contributed by atoms with Gasteiger partial charge in [0.15, 0.2) is 6.23 Å². The van der Waals surface area contributed by atoms with E-state index in [4.69, 9.17) is 17.7 Å². The van der Waals surface area contributed by atoms with Crippen molar-refractivity contribution < 1.29 is 22.8 Å². The zero-order valence-electron chi connectivity index (χ0n) is 28.8. The monoisotopic (exact) mass is 672 g/mol. The van der Waals surface area contributed by atoms with E-state index in [1.165, 1.54) is 15.3 Å². The first-order valence-corrected chi connectivity index (χ1v) is 23.7. The Balaban J connectivity index is 1.86. The minimum absolute atomic E-state index is 0.0643. The summed E-state index contributed by atoms with van der Waals surface area (Å²) in [7, 11) is -7.71. The molecule has 0 aliphatic carbocycles. The van der Waals surface area contributed by atoms with Gasteiger partial charge in [-0.2, -0.15) is 0 Å². The highest BCUT2D eigenvalue weighted by Gasteiger charge is 2.61. The maximum atomic E-state index is 14.1. The van der Waals surface area contributed by atoms with E-state index in [-0.39, 0.29) is 40.9 Å². The second-order valence-corrected chi connectivity index (χ2v) is 28.3. The highest BCUT2D eigenvalue weighted by atomic mass is 28.5. The summed E-state index contributed by atoms with van der Waals surface area (Å²) in [5.74, 6) is 3.06. The molecule has 1 N–H and O–H groups in total. The fourth-order valence-corrected chi connectivity index (χ4v) is 18.1. The van der Waals surface area contributed by atoms with E-state index in [1.54, 1.807) is 0 Å². The van der Waals surface area contributed by atoms with Gasteiger partial charge in [-0.05, 0) is 27.7 Å². The molecule has 2 aromatic rings. The summed E-state index contributed by atoms with van der Waals surface area (Å²) in [6.45, 7) is 23.6. The number of aromatic nitrogens is 2. The van der Waals surface area contributed by atoms with Crippen LogP contribution in [0.3, 0.4) is 0 Å². The predicted molar refractivity (Wildman–Crippen MR) is 184 cm³/mol. The van der Waals surface area contributed by atoms with Crippen molar-refractivity contribution in [3.05, 3.63) is 68.5 Å². The Hall–Kier alpha value is -2.09. The summed E-state index contributed by atoms with van der Waals surface area (Å²) in [4.78, 5) is 27.7. The van der Waals surface area contributed by atoms with E-state index in [0.29, 0.717) is 0 Å². The van der Waals surface area contributed by atoms with E-state index in [1.807, 2.05) is 30.3 Å². The maximum Gasteiger partial charge on any atom is 0.335 e. The van der Waals surface area contributed by atoms with Crippen LogP contribution < -0.4 is 11.2 Å². The highest BCUT2D eigenvalue weighted by Crippen LogP contribution is 2.48. The Morgan fingerprint density at radius 1 is 0.933 bits per heavy atom. The van der Waals surface area contributed by atoms with Crippen molar-refractivity contribution in [1.82, 2.24) is 9.13 Å².